The largest absolute Gasteiger partial charge is 0.313 e. The quantitative estimate of drug-likeness (QED) is 0.700. The highest BCUT2D eigenvalue weighted by Crippen LogP contribution is 2.29. The van der Waals surface area contributed by atoms with E-state index in [2.05, 4.69) is 20.2 Å². The third kappa shape index (κ3) is 3.55. The SMILES string of the molecule is CCNCc1cn[nH]c1S(=O)(=O)NC1CCCC1SC. The van der Waals surface area contributed by atoms with Gasteiger partial charge in [0.25, 0.3) is 10.0 Å². The molecule has 1 aromatic heterocycles. The fraction of sp³-hybridized carbons (Fsp3) is 0.750. The summed E-state index contributed by atoms with van der Waals surface area (Å²) in [4.78, 5) is 0. The molecule has 1 fully saturated rings. The summed E-state index contributed by atoms with van der Waals surface area (Å²) in [6, 6.07) is 0.0188. The fourth-order valence-electron chi connectivity index (χ4n) is 2.52. The molecule has 0 radical (unpaired) electrons. The maximum atomic E-state index is 12.5. The van der Waals surface area contributed by atoms with Crippen LogP contribution >= 0.6 is 11.8 Å². The summed E-state index contributed by atoms with van der Waals surface area (Å²) in [5, 5.41) is 10.2. The van der Waals surface area contributed by atoms with E-state index in [1.165, 1.54) is 0 Å². The van der Waals surface area contributed by atoms with E-state index >= 15 is 0 Å². The van der Waals surface area contributed by atoms with Gasteiger partial charge in [0.2, 0.25) is 0 Å². The number of rotatable bonds is 7. The van der Waals surface area contributed by atoms with Gasteiger partial charge in [-0.2, -0.15) is 16.9 Å². The topological polar surface area (TPSA) is 86.9 Å². The summed E-state index contributed by atoms with van der Waals surface area (Å²) in [5.74, 6) is 0. The summed E-state index contributed by atoms with van der Waals surface area (Å²) in [7, 11) is -3.53. The van der Waals surface area contributed by atoms with Crippen molar-refractivity contribution in [2.75, 3.05) is 12.8 Å². The third-order valence-electron chi connectivity index (χ3n) is 3.57. The van der Waals surface area contributed by atoms with Crippen LogP contribution in [0.25, 0.3) is 0 Å². The fourth-order valence-corrected chi connectivity index (χ4v) is 4.98. The van der Waals surface area contributed by atoms with Crippen molar-refractivity contribution in [3.8, 4) is 0 Å². The van der Waals surface area contributed by atoms with E-state index in [9.17, 15) is 8.42 Å². The second kappa shape index (κ2) is 6.93. The summed E-state index contributed by atoms with van der Waals surface area (Å²) < 4.78 is 27.8. The molecule has 1 heterocycles. The van der Waals surface area contributed by atoms with Crippen molar-refractivity contribution in [3.63, 3.8) is 0 Å². The number of sulfonamides is 1. The van der Waals surface area contributed by atoms with Gasteiger partial charge < -0.3 is 5.32 Å². The van der Waals surface area contributed by atoms with E-state index in [-0.39, 0.29) is 11.1 Å². The van der Waals surface area contributed by atoms with Crippen molar-refractivity contribution < 1.29 is 8.42 Å². The number of hydrogen-bond acceptors (Lipinski definition) is 5. The zero-order valence-electron chi connectivity index (χ0n) is 11.8. The molecule has 2 rings (SSSR count). The van der Waals surface area contributed by atoms with Crippen molar-refractivity contribution in [1.29, 1.82) is 0 Å². The van der Waals surface area contributed by atoms with Gasteiger partial charge in [0, 0.05) is 23.4 Å². The summed E-state index contributed by atoms with van der Waals surface area (Å²) in [5.41, 5.74) is 0.679. The number of aromatic amines is 1. The van der Waals surface area contributed by atoms with Crippen molar-refractivity contribution in [2.24, 2.45) is 0 Å². The number of hydrogen-bond donors (Lipinski definition) is 3. The first-order valence-corrected chi connectivity index (χ1v) is 9.63. The Bertz CT molecular complexity index is 529. The molecule has 0 aromatic carbocycles. The van der Waals surface area contributed by atoms with Crippen LogP contribution in [0.2, 0.25) is 0 Å². The zero-order chi connectivity index (χ0) is 14.6. The molecule has 3 N–H and O–H groups in total. The van der Waals surface area contributed by atoms with Crippen LogP contribution in [0.3, 0.4) is 0 Å². The molecule has 2 unspecified atom stereocenters. The average molecular weight is 318 g/mol. The molecule has 8 heteroatoms. The minimum Gasteiger partial charge on any atom is -0.313 e. The van der Waals surface area contributed by atoms with Gasteiger partial charge in [-0.15, -0.1) is 0 Å². The highest BCUT2D eigenvalue weighted by Gasteiger charge is 2.32. The van der Waals surface area contributed by atoms with Crippen molar-refractivity contribution in [2.45, 2.75) is 49.0 Å². The van der Waals surface area contributed by atoms with Gasteiger partial charge in [0.1, 0.15) is 0 Å². The molecule has 0 amide bonds. The van der Waals surface area contributed by atoms with Gasteiger partial charge in [-0.25, -0.2) is 13.1 Å². The maximum absolute atomic E-state index is 12.5. The molecule has 2 atom stereocenters. The monoisotopic (exact) mass is 318 g/mol. The van der Waals surface area contributed by atoms with Crippen LogP contribution in [0.5, 0.6) is 0 Å². The molecule has 0 bridgehead atoms. The first kappa shape index (κ1) is 15.8. The van der Waals surface area contributed by atoms with E-state index in [4.69, 9.17) is 0 Å². The van der Waals surface area contributed by atoms with E-state index in [1.807, 2.05) is 13.2 Å². The molecule has 0 saturated heterocycles. The Morgan fingerprint density at radius 2 is 2.30 bits per heavy atom. The molecule has 0 spiro atoms. The Kier molecular flexibility index (Phi) is 5.48. The number of nitrogens with zero attached hydrogens (tertiary/aromatic N) is 1. The predicted molar refractivity (Wildman–Crippen MR) is 81.2 cm³/mol. The third-order valence-corrected chi connectivity index (χ3v) is 6.25. The molecular formula is C12H22N4O2S2. The van der Waals surface area contributed by atoms with Gasteiger partial charge in [-0.1, -0.05) is 13.3 Å². The van der Waals surface area contributed by atoms with Gasteiger partial charge in [0.05, 0.1) is 6.20 Å². The van der Waals surface area contributed by atoms with Crippen LogP contribution in [0.15, 0.2) is 11.2 Å². The summed E-state index contributed by atoms with van der Waals surface area (Å²) >= 11 is 1.73. The van der Waals surface area contributed by atoms with E-state index in [0.717, 1.165) is 25.8 Å². The van der Waals surface area contributed by atoms with Gasteiger partial charge in [-0.05, 0) is 25.6 Å². The molecule has 20 heavy (non-hydrogen) atoms. The molecule has 114 valence electrons. The lowest BCUT2D eigenvalue weighted by molar-refractivity contribution is 0.549. The molecular weight excluding hydrogens is 296 g/mol. The lowest BCUT2D eigenvalue weighted by atomic mass is 10.3. The van der Waals surface area contributed by atoms with Crippen LogP contribution < -0.4 is 10.0 Å². The number of nitrogens with one attached hydrogen (secondary N) is 3. The number of thioether (sulfide) groups is 1. The van der Waals surface area contributed by atoms with Crippen molar-refractivity contribution >= 4 is 21.8 Å². The summed E-state index contributed by atoms with van der Waals surface area (Å²) in [6.07, 6.45) is 6.65. The standard InChI is InChI=1S/C12H22N4O2S2/c1-3-13-7-9-8-14-15-12(9)20(17,18)16-10-5-4-6-11(10)19-2/h8,10-11,13,16H,3-7H2,1-2H3,(H,14,15). The molecule has 1 aliphatic rings. The minimum atomic E-state index is -3.53. The zero-order valence-corrected chi connectivity index (χ0v) is 13.5. The van der Waals surface area contributed by atoms with E-state index < -0.39 is 10.0 Å². The highest BCUT2D eigenvalue weighted by molar-refractivity contribution is 7.99. The normalized spacial score (nSPS) is 23.3. The Labute approximate surface area is 124 Å². The lowest BCUT2D eigenvalue weighted by Crippen LogP contribution is -2.39. The highest BCUT2D eigenvalue weighted by atomic mass is 32.2. The first-order chi connectivity index (χ1) is 9.58. The Balaban J connectivity index is 2.12. The Morgan fingerprint density at radius 3 is 3.00 bits per heavy atom. The molecule has 1 aliphatic carbocycles. The first-order valence-electron chi connectivity index (χ1n) is 6.86. The van der Waals surface area contributed by atoms with Crippen LogP contribution in [-0.4, -0.2) is 42.7 Å². The molecule has 0 aliphatic heterocycles. The molecule has 6 nitrogen and oxygen atoms in total. The second-order valence-electron chi connectivity index (χ2n) is 4.94. The smallest absolute Gasteiger partial charge is 0.258 e. The van der Waals surface area contributed by atoms with Gasteiger partial charge in [0.15, 0.2) is 5.03 Å². The minimum absolute atomic E-state index is 0.0188. The predicted octanol–water partition coefficient (Wildman–Crippen LogP) is 1.08. The van der Waals surface area contributed by atoms with Gasteiger partial charge in [-0.3, -0.25) is 5.10 Å². The van der Waals surface area contributed by atoms with Crippen molar-refractivity contribution in [3.05, 3.63) is 11.8 Å². The molecule has 1 aromatic rings. The Morgan fingerprint density at radius 1 is 1.50 bits per heavy atom. The number of aromatic nitrogens is 2. The number of H-pyrrole nitrogens is 1. The van der Waals surface area contributed by atoms with Crippen LogP contribution in [-0.2, 0) is 16.6 Å². The van der Waals surface area contributed by atoms with Gasteiger partial charge >= 0.3 is 0 Å². The van der Waals surface area contributed by atoms with E-state index in [1.54, 1.807) is 18.0 Å². The van der Waals surface area contributed by atoms with E-state index in [0.29, 0.717) is 17.4 Å². The second-order valence-corrected chi connectivity index (χ2v) is 7.67. The molecule has 1 saturated carbocycles. The van der Waals surface area contributed by atoms with Crippen LogP contribution in [0.4, 0.5) is 0 Å². The summed E-state index contributed by atoms with van der Waals surface area (Å²) in [6.45, 7) is 3.27. The maximum Gasteiger partial charge on any atom is 0.258 e. The van der Waals surface area contributed by atoms with Crippen LogP contribution in [0.1, 0.15) is 31.7 Å². The van der Waals surface area contributed by atoms with Crippen molar-refractivity contribution in [1.82, 2.24) is 20.2 Å². The van der Waals surface area contributed by atoms with Crippen LogP contribution in [0, 0.1) is 0 Å². The Hall–Kier alpha value is -0.570. The lowest BCUT2D eigenvalue weighted by Gasteiger charge is -2.19. The average Bonchev–Trinajstić information content (AvgIpc) is 3.04.